The van der Waals surface area contributed by atoms with E-state index in [4.69, 9.17) is 0 Å². The second-order valence-electron chi connectivity index (χ2n) is 3.54. The van der Waals surface area contributed by atoms with E-state index in [9.17, 15) is 5.11 Å². The molecule has 1 atom stereocenters. The summed E-state index contributed by atoms with van der Waals surface area (Å²) in [5, 5.41) is 9.88. The Morgan fingerprint density at radius 2 is 2.13 bits per heavy atom. The molecule has 1 N–H and O–H groups in total. The number of hydrogen-bond acceptors (Lipinski definition) is 1. The summed E-state index contributed by atoms with van der Waals surface area (Å²) in [6.45, 7) is 2.16. The van der Waals surface area contributed by atoms with Gasteiger partial charge in [-0.1, -0.05) is 66.0 Å². The molecular weight excluding hydrogens is 252 g/mol. The second kappa shape index (κ2) is 6.81. The predicted octanol–water partition coefficient (Wildman–Crippen LogP) is 4.23. The minimum Gasteiger partial charge on any atom is -0.384 e. The molecular formula is C13H17BrO. The molecule has 1 nitrogen and oxygen atoms in total. The zero-order valence-corrected chi connectivity index (χ0v) is 10.6. The highest BCUT2D eigenvalue weighted by Gasteiger charge is 2.05. The maximum absolute atomic E-state index is 9.88. The smallest absolute Gasteiger partial charge is 0.0982 e. The van der Waals surface area contributed by atoms with Crippen LogP contribution in [0.5, 0.6) is 0 Å². The first-order valence-electron chi connectivity index (χ1n) is 5.35. The lowest BCUT2D eigenvalue weighted by Crippen LogP contribution is -1.93. The van der Waals surface area contributed by atoms with Crippen LogP contribution in [0.3, 0.4) is 0 Å². The van der Waals surface area contributed by atoms with Gasteiger partial charge in [-0.25, -0.2) is 0 Å². The van der Waals surface area contributed by atoms with Crippen LogP contribution in [0.2, 0.25) is 0 Å². The summed E-state index contributed by atoms with van der Waals surface area (Å²) in [5.74, 6) is 0. The quantitative estimate of drug-likeness (QED) is 0.626. The van der Waals surface area contributed by atoms with E-state index >= 15 is 0 Å². The minimum absolute atomic E-state index is 0.502. The van der Waals surface area contributed by atoms with E-state index in [2.05, 4.69) is 22.9 Å². The molecule has 0 saturated carbocycles. The van der Waals surface area contributed by atoms with Crippen LogP contribution in [-0.4, -0.2) is 5.11 Å². The molecule has 0 aliphatic heterocycles. The molecule has 2 heteroatoms. The molecule has 0 saturated heterocycles. The van der Waals surface area contributed by atoms with Crippen LogP contribution in [0.25, 0.3) is 0 Å². The molecule has 0 aromatic heterocycles. The van der Waals surface area contributed by atoms with Gasteiger partial charge in [0.15, 0.2) is 0 Å². The Bertz CT molecular complexity index is 320. The molecule has 0 amide bonds. The average Bonchev–Trinajstić information content (AvgIpc) is 2.25. The van der Waals surface area contributed by atoms with Crippen molar-refractivity contribution in [1.82, 2.24) is 0 Å². The Hall–Kier alpha value is -0.600. The number of benzene rings is 1. The van der Waals surface area contributed by atoms with Crippen LogP contribution in [0, 0.1) is 0 Å². The van der Waals surface area contributed by atoms with Crippen molar-refractivity contribution in [3.63, 3.8) is 0 Å². The largest absolute Gasteiger partial charge is 0.384 e. The first-order valence-corrected chi connectivity index (χ1v) is 6.14. The van der Waals surface area contributed by atoms with Crippen molar-refractivity contribution in [3.05, 3.63) is 46.5 Å². The first kappa shape index (κ1) is 12.5. The standard InChI is InChI=1S/C13H17BrO/c1-2-3-4-5-10-13(15)11-8-6-7-9-12(11)14/h5-10,13,15H,2-4H2,1H3/b10-5+. The second-order valence-corrected chi connectivity index (χ2v) is 4.39. The van der Waals surface area contributed by atoms with E-state index in [0.29, 0.717) is 0 Å². The SMILES string of the molecule is CCCC/C=C/C(O)c1ccccc1Br. The Morgan fingerprint density at radius 1 is 1.40 bits per heavy atom. The number of rotatable bonds is 5. The predicted molar refractivity (Wildman–Crippen MR) is 67.8 cm³/mol. The lowest BCUT2D eigenvalue weighted by atomic mass is 10.1. The third-order valence-electron chi connectivity index (χ3n) is 2.27. The zero-order chi connectivity index (χ0) is 11.1. The number of hydrogen-bond donors (Lipinski definition) is 1. The van der Waals surface area contributed by atoms with Gasteiger partial charge in [0.25, 0.3) is 0 Å². The van der Waals surface area contributed by atoms with Crippen LogP contribution in [0.4, 0.5) is 0 Å². The fourth-order valence-corrected chi connectivity index (χ4v) is 1.89. The molecule has 0 aliphatic rings. The highest BCUT2D eigenvalue weighted by atomic mass is 79.9. The molecule has 1 aromatic rings. The van der Waals surface area contributed by atoms with Gasteiger partial charge in [0.1, 0.15) is 0 Å². The Kier molecular flexibility index (Phi) is 5.66. The Labute approximate surface area is 100.0 Å². The molecule has 1 rings (SSSR count). The van der Waals surface area contributed by atoms with Crippen LogP contribution in [-0.2, 0) is 0 Å². The topological polar surface area (TPSA) is 20.2 Å². The van der Waals surface area contributed by atoms with Crippen molar-refractivity contribution < 1.29 is 5.11 Å². The van der Waals surface area contributed by atoms with Crippen molar-refractivity contribution in [2.45, 2.75) is 32.3 Å². The lowest BCUT2D eigenvalue weighted by Gasteiger charge is -2.07. The number of unbranched alkanes of at least 4 members (excludes halogenated alkanes) is 2. The molecule has 1 aromatic carbocycles. The highest BCUT2D eigenvalue weighted by Crippen LogP contribution is 2.23. The first-order chi connectivity index (χ1) is 7.25. The van der Waals surface area contributed by atoms with Gasteiger partial charge >= 0.3 is 0 Å². The molecule has 15 heavy (non-hydrogen) atoms. The zero-order valence-electron chi connectivity index (χ0n) is 8.99. The van der Waals surface area contributed by atoms with Gasteiger partial charge in [0, 0.05) is 4.47 Å². The van der Waals surface area contributed by atoms with E-state index in [1.165, 1.54) is 12.8 Å². The molecule has 0 radical (unpaired) electrons. The summed E-state index contributed by atoms with van der Waals surface area (Å²) in [4.78, 5) is 0. The summed E-state index contributed by atoms with van der Waals surface area (Å²) < 4.78 is 0.956. The van der Waals surface area contributed by atoms with E-state index in [1.54, 1.807) is 0 Å². The molecule has 0 aliphatic carbocycles. The van der Waals surface area contributed by atoms with Gasteiger partial charge < -0.3 is 5.11 Å². The van der Waals surface area contributed by atoms with Crippen molar-refractivity contribution in [2.24, 2.45) is 0 Å². The van der Waals surface area contributed by atoms with Gasteiger partial charge in [0.05, 0.1) is 6.10 Å². The summed E-state index contributed by atoms with van der Waals surface area (Å²) in [6.07, 6.45) is 6.81. The van der Waals surface area contributed by atoms with Gasteiger partial charge in [-0.3, -0.25) is 0 Å². The third kappa shape index (κ3) is 4.18. The fraction of sp³-hybridized carbons (Fsp3) is 0.385. The Balaban J connectivity index is 2.57. The number of allylic oxidation sites excluding steroid dienone is 1. The molecule has 0 bridgehead atoms. The third-order valence-corrected chi connectivity index (χ3v) is 2.99. The van der Waals surface area contributed by atoms with Gasteiger partial charge in [-0.15, -0.1) is 0 Å². The van der Waals surface area contributed by atoms with E-state index < -0.39 is 6.10 Å². The maximum Gasteiger partial charge on any atom is 0.0982 e. The van der Waals surface area contributed by atoms with Crippen molar-refractivity contribution in [3.8, 4) is 0 Å². The van der Waals surface area contributed by atoms with Gasteiger partial charge in [-0.2, -0.15) is 0 Å². The number of halogens is 1. The molecule has 0 fully saturated rings. The van der Waals surface area contributed by atoms with Gasteiger partial charge in [-0.05, 0) is 18.1 Å². The van der Waals surface area contributed by atoms with Crippen molar-refractivity contribution in [1.29, 1.82) is 0 Å². The molecule has 82 valence electrons. The fourth-order valence-electron chi connectivity index (χ4n) is 1.37. The van der Waals surface area contributed by atoms with Crippen LogP contribution < -0.4 is 0 Å². The lowest BCUT2D eigenvalue weighted by molar-refractivity contribution is 0.227. The summed E-state index contributed by atoms with van der Waals surface area (Å²) in [6, 6.07) is 7.75. The van der Waals surface area contributed by atoms with Crippen molar-refractivity contribution in [2.75, 3.05) is 0 Å². The van der Waals surface area contributed by atoms with E-state index in [-0.39, 0.29) is 0 Å². The van der Waals surface area contributed by atoms with Crippen LogP contribution in [0.15, 0.2) is 40.9 Å². The monoisotopic (exact) mass is 268 g/mol. The Morgan fingerprint density at radius 3 is 2.80 bits per heavy atom. The summed E-state index contributed by atoms with van der Waals surface area (Å²) in [5.41, 5.74) is 0.922. The molecule has 0 spiro atoms. The summed E-state index contributed by atoms with van der Waals surface area (Å²) >= 11 is 3.43. The highest BCUT2D eigenvalue weighted by molar-refractivity contribution is 9.10. The normalized spacial score (nSPS) is 13.3. The van der Waals surface area contributed by atoms with Gasteiger partial charge in [0.2, 0.25) is 0 Å². The maximum atomic E-state index is 9.88. The number of aliphatic hydroxyl groups is 1. The van der Waals surface area contributed by atoms with Crippen LogP contribution in [0.1, 0.15) is 37.9 Å². The molecule has 0 heterocycles. The molecule has 1 unspecified atom stereocenters. The van der Waals surface area contributed by atoms with E-state index in [0.717, 1.165) is 16.5 Å². The van der Waals surface area contributed by atoms with Crippen LogP contribution >= 0.6 is 15.9 Å². The summed E-state index contributed by atoms with van der Waals surface area (Å²) in [7, 11) is 0. The number of aliphatic hydroxyl groups excluding tert-OH is 1. The minimum atomic E-state index is -0.502. The van der Waals surface area contributed by atoms with E-state index in [1.807, 2.05) is 36.4 Å². The van der Waals surface area contributed by atoms with Crippen molar-refractivity contribution >= 4 is 15.9 Å². The average molecular weight is 269 g/mol.